The number of benzene rings is 2. The quantitative estimate of drug-likeness (QED) is 0.195. The lowest BCUT2D eigenvalue weighted by Gasteiger charge is -2.33. The summed E-state index contributed by atoms with van der Waals surface area (Å²) in [4.78, 5) is 48.8. The fourth-order valence-corrected chi connectivity index (χ4v) is 6.64. The maximum absolute atomic E-state index is 13.7. The van der Waals surface area contributed by atoms with Gasteiger partial charge in [-0.3, -0.25) is 34.7 Å². The number of rotatable bonds is 12. The van der Waals surface area contributed by atoms with Crippen molar-refractivity contribution in [1.29, 1.82) is 0 Å². The van der Waals surface area contributed by atoms with Crippen molar-refractivity contribution in [3.8, 4) is 11.5 Å². The second-order valence-corrected chi connectivity index (χ2v) is 13.4. The number of carbonyl (C=O) groups excluding carboxylic acids is 2. The van der Waals surface area contributed by atoms with Gasteiger partial charge in [0.15, 0.2) is 21.3 Å². The van der Waals surface area contributed by atoms with Crippen LogP contribution in [0.5, 0.6) is 11.5 Å². The molecule has 0 fully saturated rings. The van der Waals surface area contributed by atoms with Crippen LogP contribution in [-0.4, -0.2) is 80.6 Å². The third-order valence-corrected chi connectivity index (χ3v) is 8.77. The number of methoxy groups -OCH3 is 1. The standard InChI is InChI=1S/C23H25N3O12S2/c1-5-38-17-12-13(6-9-16(17)37-2)20(18(40(4,35)36)10-11-39(3,33)34)24-22(27)14-7-8-15(25(29)30)21(26(31)32)19(14)23(24)28/h6-9,12,18,20H,5,10-11H2,1-4H3. The van der Waals surface area contributed by atoms with Crippen molar-refractivity contribution < 1.29 is 45.7 Å². The Labute approximate surface area is 228 Å². The van der Waals surface area contributed by atoms with Crippen molar-refractivity contribution in [2.75, 3.05) is 32.0 Å². The van der Waals surface area contributed by atoms with Gasteiger partial charge in [0.1, 0.15) is 15.4 Å². The molecular formula is C23H25N3O12S2. The smallest absolute Gasteiger partial charge is 0.359 e. The number of nitrogens with zero attached hydrogens (tertiary/aromatic N) is 3. The van der Waals surface area contributed by atoms with E-state index in [4.69, 9.17) is 9.47 Å². The molecule has 0 saturated heterocycles. The fraction of sp³-hybridized carbons (Fsp3) is 0.391. The van der Waals surface area contributed by atoms with E-state index in [9.17, 15) is 46.7 Å². The Morgan fingerprint density at radius 1 is 0.950 bits per heavy atom. The molecule has 0 saturated carbocycles. The third kappa shape index (κ3) is 5.89. The maximum Gasteiger partial charge on any atom is 0.359 e. The molecule has 2 amide bonds. The zero-order valence-corrected chi connectivity index (χ0v) is 23.4. The lowest BCUT2D eigenvalue weighted by molar-refractivity contribution is -0.422. The van der Waals surface area contributed by atoms with Gasteiger partial charge in [0.05, 0.1) is 46.2 Å². The second-order valence-electron chi connectivity index (χ2n) is 8.93. The molecule has 216 valence electrons. The SMILES string of the molecule is CCOc1cc(C(C(CCS(C)(=O)=O)S(C)(=O)=O)N2C(=O)c3ccc([N+](=O)[O-])c([N+](=O)[O-])c3C2=O)ccc1OC. The van der Waals surface area contributed by atoms with E-state index < -0.39 is 87.3 Å². The Hall–Kier alpha value is -4.12. The van der Waals surface area contributed by atoms with Crippen LogP contribution in [0.4, 0.5) is 11.4 Å². The summed E-state index contributed by atoms with van der Waals surface area (Å²) in [7, 11) is -6.60. The van der Waals surface area contributed by atoms with E-state index in [2.05, 4.69) is 0 Å². The summed E-state index contributed by atoms with van der Waals surface area (Å²) in [6, 6.07) is 3.92. The average molecular weight is 600 g/mol. The van der Waals surface area contributed by atoms with Crippen LogP contribution in [0.15, 0.2) is 30.3 Å². The first-order valence-corrected chi connectivity index (χ1v) is 15.6. The monoisotopic (exact) mass is 599 g/mol. The van der Waals surface area contributed by atoms with Crippen LogP contribution >= 0.6 is 0 Å². The first-order chi connectivity index (χ1) is 18.5. The second kappa shape index (κ2) is 11.2. The molecule has 1 aliphatic rings. The number of carbonyl (C=O) groups is 2. The number of nitro groups is 2. The van der Waals surface area contributed by atoms with E-state index in [-0.39, 0.29) is 23.7 Å². The summed E-state index contributed by atoms with van der Waals surface area (Å²) in [6.07, 6.45) is 1.13. The van der Waals surface area contributed by atoms with Gasteiger partial charge in [-0.1, -0.05) is 6.07 Å². The van der Waals surface area contributed by atoms with Crippen LogP contribution in [0, 0.1) is 20.2 Å². The highest BCUT2D eigenvalue weighted by atomic mass is 32.2. The van der Waals surface area contributed by atoms with Gasteiger partial charge in [-0.15, -0.1) is 0 Å². The van der Waals surface area contributed by atoms with Crippen molar-refractivity contribution in [2.24, 2.45) is 0 Å². The van der Waals surface area contributed by atoms with Gasteiger partial charge < -0.3 is 9.47 Å². The van der Waals surface area contributed by atoms with Crippen molar-refractivity contribution in [3.05, 3.63) is 67.3 Å². The van der Waals surface area contributed by atoms with Crippen LogP contribution < -0.4 is 9.47 Å². The predicted molar refractivity (Wildman–Crippen MR) is 140 cm³/mol. The van der Waals surface area contributed by atoms with E-state index in [0.717, 1.165) is 18.6 Å². The molecule has 2 aromatic carbocycles. The van der Waals surface area contributed by atoms with Gasteiger partial charge in [-0.25, -0.2) is 16.8 Å². The first-order valence-electron chi connectivity index (χ1n) is 11.5. The van der Waals surface area contributed by atoms with Crippen LogP contribution in [0.1, 0.15) is 45.7 Å². The molecule has 40 heavy (non-hydrogen) atoms. The van der Waals surface area contributed by atoms with Gasteiger partial charge in [-0.2, -0.15) is 0 Å². The Morgan fingerprint density at radius 2 is 1.60 bits per heavy atom. The van der Waals surface area contributed by atoms with Gasteiger partial charge in [0.25, 0.3) is 11.8 Å². The third-order valence-electron chi connectivity index (χ3n) is 6.20. The lowest BCUT2D eigenvalue weighted by Crippen LogP contribution is -2.44. The molecule has 0 spiro atoms. The highest BCUT2D eigenvalue weighted by molar-refractivity contribution is 7.92. The number of hydrogen-bond donors (Lipinski definition) is 0. The topological polar surface area (TPSA) is 210 Å². The van der Waals surface area contributed by atoms with E-state index in [0.29, 0.717) is 11.0 Å². The molecule has 2 atom stereocenters. The van der Waals surface area contributed by atoms with Gasteiger partial charge in [-0.05, 0) is 37.1 Å². The van der Waals surface area contributed by atoms with Crippen LogP contribution in [0.3, 0.4) is 0 Å². The number of ether oxygens (including phenoxy) is 2. The fourth-order valence-electron chi connectivity index (χ4n) is 4.51. The summed E-state index contributed by atoms with van der Waals surface area (Å²) in [5.74, 6) is -2.79. The van der Waals surface area contributed by atoms with Crippen LogP contribution in [0.25, 0.3) is 0 Å². The molecule has 1 heterocycles. The van der Waals surface area contributed by atoms with Crippen molar-refractivity contribution >= 4 is 42.9 Å². The van der Waals surface area contributed by atoms with Gasteiger partial charge in [0.2, 0.25) is 0 Å². The highest BCUT2D eigenvalue weighted by Crippen LogP contribution is 2.44. The van der Waals surface area contributed by atoms with Crippen LogP contribution in [-0.2, 0) is 19.7 Å². The maximum atomic E-state index is 13.7. The van der Waals surface area contributed by atoms with E-state index in [1.54, 1.807) is 6.92 Å². The Kier molecular flexibility index (Phi) is 8.49. The van der Waals surface area contributed by atoms with Crippen molar-refractivity contribution in [3.63, 3.8) is 0 Å². The summed E-state index contributed by atoms with van der Waals surface area (Å²) in [5.41, 5.74) is -3.66. The Morgan fingerprint density at radius 3 is 2.10 bits per heavy atom. The highest BCUT2D eigenvalue weighted by Gasteiger charge is 2.51. The van der Waals surface area contributed by atoms with E-state index >= 15 is 0 Å². The molecular weight excluding hydrogens is 574 g/mol. The van der Waals surface area contributed by atoms with Gasteiger partial charge in [0, 0.05) is 18.6 Å². The zero-order chi connectivity index (χ0) is 30.2. The first kappa shape index (κ1) is 30.4. The summed E-state index contributed by atoms with van der Waals surface area (Å²) < 4.78 is 60.9. The minimum atomic E-state index is -4.22. The minimum Gasteiger partial charge on any atom is -0.493 e. The van der Waals surface area contributed by atoms with Crippen molar-refractivity contribution in [2.45, 2.75) is 24.6 Å². The number of sulfone groups is 2. The number of hydrogen-bond acceptors (Lipinski definition) is 12. The average Bonchev–Trinajstić information content (AvgIpc) is 3.09. The van der Waals surface area contributed by atoms with Crippen LogP contribution in [0.2, 0.25) is 0 Å². The predicted octanol–water partition coefficient (Wildman–Crippen LogP) is 2.10. The Bertz CT molecular complexity index is 1620. The molecule has 1 aliphatic heterocycles. The van der Waals surface area contributed by atoms with Gasteiger partial charge >= 0.3 is 11.4 Å². The number of imide groups is 1. The number of amides is 2. The largest absolute Gasteiger partial charge is 0.493 e. The number of nitro benzene ring substituents is 2. The Balaban J connectivity index is 2.34. The molecule has 2 unspecified atom stereocenters. The molecule has 0 aromatic heterocycles. The minimum absolute atomic E-state index is 0.0137. The molecule has 0 bridgehead atoms. The number of fused-ring (bicyclic) bond motifs is 1. The van der Waals surface area contributed by atoms with E-state index in [1.165, 1.54) is 25.3 Å². The summed E-state index contributed by atoms with van der Waals surface area (Å²) >= 11 is 0. The summed E-state index contributed by atoms with van der Waals surface area (Å²) in [6.45, 7) is 1.81. The molecule has 15 nitrogen and oxygen atoms in total. The van der Waals surface area contributed by atoms with E-state index in [1.807, 2.05) is 0 Å². The molecule has 0 N–H and O–H groups in total. The molecule has 2 aromatic rings. The molecule has 0 aliphatic carbocycles. The zero-order valence-electron chi connectivity index (χ0n) is 21.7. The summed E-state index contributed by atoms with van der Waals surface area (Å²) in [5, 5.41) is 21.6. The molecule has 3 rings (SSSR count). The van der Waals surface area contributed by atoms with Crippen molar-refractivity contribution in [1.82, 2.24) is 4.90 Å². The lowest BCUT2D eigenvalue weighted by atomic mass is 9.99. The molecule has 0 radical (unpaired) electrons. The normalized spacial score (nSPS) is 14.9. The molecule has 17 heteroatoms.